The number of benzene rings is 3. The highest BCUT2D eigenvalue weighted by Crippen LogP contribution is 2.36. The molecule has 1 N–H and O–H groups in total. The summed E-state index contributed by atoms with van der Waals surface area (Å²) in [6.07, 6.45) is 1.43. The average Bonchev–Trinajstić information content (AvgIpc) is 3.65. The van der Waals surface area contributed by atoms with Crippen LogP contribution in [0, 0.1) is 25.2 Å². The number of ether oxygens (including phenoxy) is 3. The number of carbonyl (C=O) groups excluding carboxylic acids is 1. The molecule has 0 fully saturated rings. The third kappa shape index (κ3) is 6.94. The number of halogens is 1. The first kappa shape index (κ1) is 30.0. The maximum Gasteiger partial charge on any atom is 0.307 e. The molecule has 0 atom stereocenters. The van der Waals surface area contributed by atoms with Gasteiger partial charge in [0.1, 0.15) is 24.7 Å². The number of rotatable bonds is 11. The minimum absolute atomic E-state index is 0.0895. The number of hydrogen-bond donors (Lipinski definition) is 1. The zero-order valence-electron chi connectivity index (χ0n) is 24.3. The van der Waals surface area contributed by atoms with E-state index in [-0.39, 0.29) is 24.0 Å². The van der Waals surface area contributed by atoms with E-state index in [9.17, 15) is 10.1 Å². The van der Waals surface area contributed by atoms with Crippen LogP contribution in [-0.4, -0.2) is 23.8 Å². The number of amides is 1. The molecule has 3 aromatic carbocycles. The maximum atomic E-state index is 12.6. The van der Waals surface area contributed by atoms with Gasteiger partial charge in [0.05, 0.1) is 30.0 Å². The Kier molecular flexibility index (Phi) is 9.33. The van der Waals surface area contributed by atoms with Gasteiger partial charge in [0.2, 0.25) is 0 Å². The van der Waals surface area contributed by atoms with E-state index < -0.39 is 5.91 Å². The fourth-order valence-corrected chi connectivity index (χ4v) is 4.85. The Morgan fingerprint density at radius 2 is 1.75 bits per heavy atom. The van der Waals surface area contributed by atoms with E-state index in [1.807, 2.05) is 36.4 Å². The molecule has 0 aliphatic carbocycles. The number of aromatic nitrogens is 1. The maximum absolute atomic E-state index is 12.6. The predicted molar refractivity (Wildman–Crippen MR) is 167 cm³/mol. The second-order valence-electron chi connectivity index (χ2n) is 9.79. The summed E-state index contributed by atoms with van der Waals surface area (Å²) in [6.45, 7) is 4.43. The Hall–Kier alpha value is -5.46. The summed E-state index contributed by atoms with van der Waals surface area (Å²) in [7, 11) is 1.49. The number of aryl methyl sites for hydroxylation is 2. The minimum atomic E-state index is -0.525. The second kappa shape index (κ2) is 13.7. The van der Waals surface area contributed by atoms with Gasteiger partial charge in [-0.15, -0.1) is 0 Å². The SMILES string of the molecule is COc1cc(/C=N/NC(=O)c2ccc(COc3ccc(-n4c(C)ccc4C)cc3)o2)cc(Cl)c1OCc1ccccc1C#N. The topological polar surface area (TPSA) is 111 Å². The number of carbonyl (C=O) groups is 1. The summed E-state index contributed by atoms with van der Waals surface area (Å²) in [5.41, 5.74) is 7.62. The lowest BCUT2D eigenvalue weighted by atomic mass is 10.1. The van der Waals surface area contributed by atoms with Crippen LogP contribution in [-0.2, 0) is 13.2 Å². The molecule has 0 unspecified atom stereocenters. The van der Waals surface area contributed by atoms with E-state index in [2.05, 4.69) is 47.1 Å². The molecule has 0 aliphatic rings. The van der Waals surface area contributed by atoms with E-state index in [1.165, 1.54) is 13.3 Å². The van der Waals surface area contributed by atoms with E-state index in [4.69, 9.17) is 30.2 Å². The summed E-state index contributed by atoms with van der Waals surface area (Å²) in [5, 5.41) is 13.6. The number of hydrogen-bond acceptors (Lipinski definition) is 7. The predicted octanol–water partition coefficient (Wildman–Crippen LogP) is 7.14. The second-order valence-corrected chi connectivity index (χ2v) is 10.2. The van der Waals surface area contributed by atoms with Crippen molar-refractivity contribution in [2.45, 2.75) is 27.1 Å². The molecule has 0 aliphatic heterocycles. The molecular formula is C34H29ClN4O5. The van der Waals surface area contributed by atoms with Crippen molar-refractivity contribution in [1.82, 2.24) is 9.99 Å². The summed E-state index contributed by atoms with van der Waals surface area (Å²) < 4.78 is 25.0. The molecule has 5 aromatic rings. The van der Waals surface area contributed by atoms with Crippen molar-refractivity contribution in [3.05, 3.63) is 130 Å². The largest absolute Gasteiger partial charge is 0.493 e. The van der Waals surface area contributed by atoms with Gasteiger partial charge in [0.25, 0.3) is 0 Å². The molecule has 222 valence electrons. The first-order valence-electron chi connectivity index (χ1n) is 13.6. The Bertz CT molecular complexity index is 1830. The summed E-state index contributed by atoms with van der Waals surface area (Å²) >= 11 is 6.46. The summed E-state index contributed by atoms with van der Waals surface area (Å²) in [4.78, 5) is 12.6. The van der Waals surface area contributed by atoms with Gasteiger partial charge in [-0.2, -0.15) is 10.4 Å². The zero-order chi connectivity index (χ0) is 31.1. The van der Waals surface area contributed by atoms with Crippen molar-refractivity contribution in [2.24, 2.45) is 5.10 Å². The van der Waals surface area contributed by atoms with Crippen LogP contribution >= 0.6 is 11.6 Å². The van der Waals surface area contributed by atoms with Crippen molar-refractivity contribution >= 4 is 23.7 Å². The fraction of sp³-hybridized carbons (Fsp3) is 0.147. The van der Waals surface area contributed by atoms with Crippen molar-refractivity contribution in [2.75, 3.05) is 7.11 Å². The molecule has 9 nitrogen and oxygen atoms in total. The first-order chi connectivity index (χ1) is 21.4. The lowest BCUT2D eigenvalue weighted by Crippen LogP contribution is -2.16. The molecule has 2 aromatic heterocycles. The van der Waals surface area contributed by atoms with Gasteiger partial charge in [-0.25, -0.2) is 5.43 Å². The lowest BCUT2D eigenvalue weighted by molar-refractivity contribution is 0.0923. The van der Waals surface area contributed by atoms with E-state index in [1.54, 1.807) is 36.4 Å². The number of methoxy groups -OCH3 is 1. The lowest BCUT2D eigenvalue weighted by Gasteiger charge is -2.14. The van der Waals surface area contributed by atoms with Gasteiger partial charge in [0, 0.05) is 22.6 Å². The normalized spacial score (nSPS) is 10.9. The third-order valence-corrected chi connectivity index (χ3v) is 7.05. The summed E-state index contributed by atoms with van der Waals surface area (Å²) in [5.74, 6) is 1.44. The van der Waals surface area contributed by atoms with Gasteiger partial charge in [0.15, 0.2) is 17.3 Å². The van der Waals surface area contributed by atoms with Crippen LogP contribution in [0.25, 0.3) is 5.69 Å². The Labute approximate surface area is 259 Å². The molecule has 1 amide bonds. The van der Waals surface area contributed by atoms with Gasteiger partial charge in [-0.1, -0.05) is 29.8 Å². The monoisotopic (exact) mass is 608 g/mol. The number of nitrogens with one attached hydrogen (secondary N) is 1. The molecule has 0 spiro atoms. The van der Waals surface area contributed by atoms with Gasteiger partial charge in [-0.3, -0.25) is 4.79 Å². The molecule has 10 heteroatoms. The van der Waals surface area contributed by atoms with Crippen LogP contribution in [0.3, 0.4) is 0 Å². The standard InChI is InChI=1S/C34H29ClN4O5/c1-22-8-9-23(2)39(22)27-10-12-28(13-11-27)42-21-29-14-15-31(44-29)34(40)38-37-19-24-16-30(35)33(32(17-24)41-3)43-20-26-7-5-4-6-25(26)18-36/h4-17,19H,20-21H2,1-3H3,(H,38,40)/b37-19+. The molecule has 0 saturated heterocycles. The van der Waals surface area contributed by atoms with E-state index in [0.717, 1.165) is 22.6 Å². The number of hydrazone groups is 1. The van der Waals surface area contributed by atoms with Crippen molar-refractivity contribution in [3.63, 3.8) is 0 Å². The minimum Gasteiger partial charge on any atom is -0.493 e. The Balaban J connectivity index is 1.15. The third-order valence-electron chi connectivity index (χ3n) is 6.77. The highest BCUT2D eigenvalue weighted by molar-refractivity contribution is 6.32. The molecule has 0 radical (unpaired) electrons. The highest BCUT2D eigenvalue weighted by atomic mass is 35.5. The van der Waals surface area contributed by atoms with Gasteiger partial charge in [-0.05, 0) is 86.1 Å². The van der Waals surface area contributed by atoms with Crippen LogP contribution in [0.2, 0.25) is 5.02 Å². The summed E-state index contributed by atoms with van der Waals surface area (Å²) in [6, 6.07) is 27.8. The molecule has 0 saturated carbocycles. The molecule has 5 rings (SSSR count). The van der Waals surface area contributed by atoms with Crippen LogP contribution < -0.4 is 19.6 Å². The van der Waals surface area contributed by atoms with Crippen LogP contribution in [0.1, 0.15) is 44.4 Å². The van der Waals surface area contributed by atoms with Crippen LogP contribution in [0.5, 0.6) is 17.2 Å². The Morgan fingerprint density at radius 3 is 2.48 bits per heavy atom. The molecule has 0 bridgehead atoms. The van der Waals surface area contributed by atoms with E-state index >= 15 is 0 Å². The smallest absolute Gasteiger partial charge is 0.307 e. The molecule has 44 heavy (non-hydrogen) atoms. The quantitative estimate of drug-likeness (QED) is 0.126. The molecular weight excluding hydrogens is 580 g/mol. The first-order valence-corrected chi connectivity index (χ1v) is 14.0. The number of nitrogens with zero attached hydrogens (tertiary/aromatic N) is 3. The van der Waals surface area contributed by atoms with Crippen molar-refractivity contribution < 1.29 is 23.4 Å². The van der Waals surface area contributed by atoms with Gasteiger partial charge < -0.3 is 23.2 Å². The average molecular weight is 609 g/mol. The van der Waals surface area contributed by atoms with E-state index in [0.29, 0.717) is 34.1 Å². The molecule has 2 heterocycles. The number of furan rings is 1. The van der Waals surface area contributed by atoms with Crippen molar-refractivity contribution in [3.8, 4) is 29.0 Å². The fourth-order valence-electron chi connectivity index (χ4n) is 4.58. The number of nitriles is 1. The van der Waals surface area contributed by atoms with Gasteiger partial charge >= 0.3 is 5.91 Å². The van der Waals surface area contributed by atoms with Crippen LogP contribution in [0.15, 0.2) is 94.4 Å². The Morgan fingerprint density at radius 1 is 1.00 bits per heavy atom. The van der Waals surface area contributed by atoms with Crippen molar-refractivity contribution in [1.29, 1.82) is 5.26 Å². The highest BCUT2D eigenvalue weighted by Gasteiger charge is 2.14. The zero-order valence-corrected chi connectivity index (χ0v) is 25.1. The van der Waals surface area contributed by atoms with Crippen LogP contribution in [0.4, 0.5) is 0 Å².